The summed E-state index contributed by atoms with van der Waals surface area (Å²) < 4.78 is 10.7. The van der Waals surface area contributed by atoms with E-state index in [-0.39, 0.29) is 0 Å². The monoisotopic (exact) mass is 231 g/mol. The van der Waals surface area contributed by atoms with E-state index in [9.17, 15) is 0 Å². The van der Waals surface area contributed by atoms with E-state index in [2.05, 4.69) is 17.1 Å². The SMILES string of the molecule is CC=CCN(Cc1ccco1)Cc1ccco1. The number of hydrogen-bond donors (Lipinski definition) is 0. The van der Waals surface area contributed by atoms with Crippen molar-refractivity contribution in [3.8, 4) is 0 Å². The maximum atomic E-state index is 5.37. The lowest BCUT2D eigenvalue weighted by Crippen LogP contribution is -2.22. The molecule has 0 N–H and O–H groups in total. The van der Waals surface area contributed by atoms with Crippen LogP contribution in [0.1, 0.15) is 18.4 Å². The van der Waals surface area contributed by atoms with E-state index in [1.165, 1.54) is 0 Å². The van der Waals surface area contributed by atoms with E-state index >= 15 is 0 Å². The highest BCUT2D eigenvalue weighted by molar-refractivity contribution is 5.02. The van der Waals surface area contributed by atoms with Crippen molar-refractivity contribution in [2.75, 3.05) is 6.54 Å². The first-order valence-electron chi connectivity index (χ1n) is 5.77. The summed E-state index contributed by atoms with van der Waals surface area (Å²) in [6.45, 7) is 4.49. The number of nitrogens with zero attached hydrogens (tertiary/aromatic N) is 1. The summed E-state index contributed by atoms with van der Waals surface area (Å²) in [6, 6.07) is 7.81. The average Bonchev–Trinajstić information content (AvgIpc) is 2.99. The van der Waals surface area contributed by atoms with Gasteiger partial charge < -0.3 is 8.83 Å². The summed E-state index contributed by atoms with van der Waals surface area (Å²) in [5.74, 6) is 1.95. The predicted molar refractivity (Wildman–Crippen MR) is 66.3 cm³/mol. The smallest absolute Gasteiger partial charge is 0.117 e. The molecule has 0 saturated heterocycles. The molecule has 2 aromatic rings. The lowest BCUT2D eigenvalue weighted by atomic mass is 10.3. The van der Waals surface area contributed by atoms with Crippen LogP contribution in [0.2, 0.25) is 0 Å². The van der Waals surface area contributed by atoms with Gasteiger partial charge in [0.2, 0.25) is 0 Å². The largest absolute Gasteiger partial charge is 0.468 e. The molecule has 0 amide bonds. The second-order valence-corrected chi connectivity index (χ2v) is 3.90. The Kier molecular flexibility index (Phi) is 4.22. The van der Waals surface area contributed by atoms with Crippen LogP contribution in [0.15, 0.2) is 57.8 Å². The summed E-state index contributed by atoms with van der Waals surface area (Å²) in [7, 11) is 0. The topological polar surface area (TPSA) is 29.5 Å². The summed E-state index contributed by atoms with van der Waals surface area (Å²) >= 11 is 0. The van der Waals surface area contributed by atoms with Crippen LogP contribution in [0.25, 0.3) is 0 Å². The standard InChI is InChI=1S/C14H17NO2/c1-2-3-8-15(11-13-6-4-9-16-13)12-14-7-5-10-17-14/h2-7,9-10H,8,11-12H2,1H3. The maximum absolute atomic E-state index is 5.37. The number of allylic oxidation sites excluding steroid dienone is 1. The fraction of sp³-hybridized carbons (Fsp3) is 0.286. The fourth-order valence-electron chi connectivity index (χ4n) is 1.69. The molecule has 3 heteroatoms. The van der Waals surface area contributed by atoms with E-state index < -0.39 is 0 Å². The molecule has 0 aliphatic rings. The van der Waals surface area contributed by atoms with Crippen LogP contribution in [0.5, 0.6) is 0 Å². The van der Waals surface area contributed by atoms with Crippen molar-refractivity contribution in [2.24, 2.45) is 0 Å². The first-order chi connectivity index (χ1) is 8.38. The molecule has 0 spiro atoms. The van der Waals surface area contributed by atoms with Crippen molar-refractivity contribution < 1.29 is 8.83 Å². The highest BCUT2D eigenvalue weighted by atomic mass is 16.3. The molecule has 2 rings (SSSR count). The summed E-state index contributed by atoms with van der Waals surface area (Å²) in [6.07, 6.45) is 7.59. The quantitative estimate of drug-likeness (QED) is 0.713. The number of rotatable bonds is 6. The van der Waals surface area contributed by atoms with Crippen LogP contribution in [-0.4, -0.2) is 11.4 Å². The van der Waals surface area contributed by atoms with E-state index in [4.69, 9.17) is 8.83 Å². The van der Waals surface area contributed by atoms with Gasteiger partial charge in [0.05, 0.1) is 25.6 Å². The van der Waals surface area contributed by atoms with Gasteiger partial charge in [-0.15, -0.1) is 0 Å². The Morgan fingerprint density at radius 2 is 1.65 bits per heavy atom. The Morgan fingerprint density at radius 3 is 2.06 bits per heavy atom. The zero-order chi connectivity index (χ0) is 11.9. The molecule has 0 aromatic carbocycles. The minimum absolute atomic E-state index is 0.790. The molecular weight excluding hydrogens is 214 g/mol. The Bertz CT molecular complexity index is 393. The van der Waals surface area contributed by atoms with Gasteiger partial charge in [-0.1, -0.05) is 12.2 Å². The summed E-state index contributed by atoms with van der Waals surface area (Å²) in [5.41, 5.74) is 0. The maximum Gasteiger partial charge on any atom is 0.117 e. The third-order valence-corrected chi connectivity index (χ3v) is 2.52. The van der Waals surface area contributed by atoms with Gasteiger partial charge >= 0.3 is 0 Å². The average molecular weight is 231 g/mol. The number of hydrogen-bond acceptors (Lipinski definition) is 3. The third-order valence-electron chi connectivity index (χ3n) is 2.52. The predicted octanol–water partition coefficient (Wildman–Crippen LogP) is 3.45. The van der Waals surface area contributed by atoms with Crippen molar-refractivity contribution in [3.63, 3.8) is 0 Å². The lowest BCUT2D eigenvalue weighted by Gasteiger charge is -2.17. The normalized spacial score (nSPS) is 11.6. The van der Waals surface area contributed by atoms with Gasteiger partial charge in [-0.05, 0) is 31.2 Å². The second-order valence-electron chi connectivity index (χ2n) is 3.90. The number of furan rings is 2. The summed E-state index contributed by atoms with van der Waals surface area (Å²) in [4.78, 5) is 2.26. The molecule has 0 unspecified atom stereocenters. The van der Waals surface area contributed by atoms with Crippen LogP contribution >= 0.6 is 0 Å². The van der Waals surface area contributed by atoms with E-state index in [0.29, 0.717) is 0 Å². The summed E-state index contributed by atoms with van der Waals surface area (Å²) in [5, 5.41) is 0. The first kappa shape index (κ1) is 11.7. The van der Waals surface area contributed by atoms with Crippen molar-refractivity contribution in [2.45, 2.75) is 20.0 Å². The van der Waals surface area contributed by atoms with Crippen molar-refractivity contribution in [1.82, 2.24) is 4.90 Å². The molecule has 2 aromatic heterocycles. The van der Waals surface area contributed by atoms with Gasteiger partial charge in [0.1, 0.15) is 11.5 Å². The van der Waals surface area contributed by atoms with Crippen LogP contribution in [0.3, 0.4) is 0 Å². The van der Waals surface area contributed by atoms with E-state index in [0.717, 1.165) is 31.2 Å². The minimum atomic E-state index is 0.790. The highest BCUT2D eigenvalue weighted by Gasteiger charge is 2.08. The Hall–Kier alpha value is -1.74. The minimum Gasteiger partial charge on any atom is -0.468 e. The zero-order valence-electron chi connectivity index (χ0n) is 10.0. The first-order valence-corrected chi connectivity index (χ1v) is 5.77. The van der Waals surface area contributed by atoms with Gasteiger partial charge in [0.25, 0.3) is 0 Å². The molecular formula is C14H17NO2. The van der Waals surface area contributed by atoms with Gasteiger partial charge in [-0.25, -0.2) is 0 Å². The zero-order valence-corrected chi connectivity index (χ0v) is 10.0. The molecule has 0 aliphatic carbocycles. The van der Waals surface area contributed by atoms with Crippen LogP contribution < -0.4 is 0 Å². The molecule has 0 atom stereocenters. The second kappa shape index (κ2) is 6.11. The van der Waals surface area contributed by atoms with Gasteiger partial charge in [0, 0.05) is 6.54 Å². The van der Waals surface area contributed by atoms with Crippen molar-refractivity contribution in [1.29, 1.82) is 0 Å². The molecule has 2 heterocycles. The molecule has 17 heavy (non-hydrogen) atoms. The molecule has 3 nitrogen and oxygen atoms in total. The lowest BCUT2D eigenvalue weighted by molar-refractivity contribution is 0.240. The van der Waals surface area contributed by atoms with E-state index in [1.54, 1.807) is 12.5 Å². The van der Waals surface area contributed by atoms with Crippen LogP contribution in [0.4, 0.5) is 0 Å². The highest BCUT2D eigenvalue weighted by Crippen LogP contribution is 2.10. The van der Waals surface area contributed by atoms with Crippen LogP contribution in [0, 0.1) is 0 Å². The van der Waals surface area contributed by atoms with Gasteiger partial charge in [0.15, 0.2) is 0 Å². The molecule has 0 fully saturated rings. The molecule has 0 bridgehead atoms. The van der Waals surface area contributed by atoms with Crippen LogP contribution in [-0.2, 0) is 13.1 Å². The van der Waals surface area contributed by atoms with Crippen molar-refractivity contribution in [3.05, 3.63) is 60.5 Å². The van der Waals surface area contributed by atoms with Gasteiger partial charge in [-0.3, -0.25) is 4.90 Å². The molecule has 90 valence electrons. The van der Waals surface area contributed by atoms with Gasteiger partial charge in [-0.2, -0.15) is 0 Å². The Balaban J connectivity index is 1.97. The molecule has 0 saturated carbocycles. The van der Waals surface area contributed by atoms with Crippen molar-refractivity contribution >= 4 is 0 Å². The Morgan fingerprint density at radius 1 is 1.06 bits per heavy atom. The molecule has 0 radical (unpaired) electrons. The molecule has 0 aliphatic heterocycles. The fourth-order valence-corrected chi connectivity index (χ4v) is 1.69. The Labute approximate surface area is 101 Å². The third kappa shape index (κ3) is 3.64. The van der Waals surface area contributed by atoms with E-state index in [1.807, 2.05) is 31.2 Å².